The van der Waals surface area contributed by atoms with Crippen molar-refractivity contribution in [3.05, 3.63) is 65.9 Å². The molecule has 178 valence electrons. The maximum absolute atomic E-state index is 11.8. The molecular formula is C28H34N4O2. The molecule has 2 aliphatic heterocycles. The van der Waals surface area contributed by atoms with E-state index in [-0.39, 0.29) is 5.91 Å². The minimum atomic E-state index is 0.0995. The van der Waals surface area contributed by atoms with Gasteiger partial charge in [-0.2, -0.15) is 0 Å². The molecule has 0 aliphatic carbocycles. The summed E-state index contributed by atoms with van der Waals surface area (Å²) in [6.07, 6.45) is 4.52. The molecule has 0 spiro atoms. The molecule has 5 rings (SSSR count). The molecule has 2 aliphatic rings. The smallest absolute Gasteiger partial charge is 0.224 e. The summed E-state index contributed by atoms with van der Waals surface area (Å²) in [6.45, 7) is 7.07. The first-order chi connectivity index (χ1) is 16.7. The summed E-state index contributed by atoms with van der Waals surface area (Å²) < 4.78 is 6.16. The van der Waals surface area contributed by atoms with Gasteiger partial charge < -0.3 is 15.0 Å². The minimum absolute atomic E-state index is 0.0995. The van der Waals surface area contributed by atoms with E-state index in [0.29, 0.717) is 13.0 Å². The van der Waals surface area contributed by atoms with Crippen molar-refractivity contribution in [1.82, 2.24) is 14.8 Å². The zero-order valence-electron chi connectivity index (χ0n) is 19.8. The first-order valence-electron chi connectivity index (χ1n) is 12.6. The number of amides is 1. The van der Waals surface area contributed by atoms with Gasteiger partial charge in [-0.1, -0.05) is 30.3 Å². The van der Waals surface area contributed by atoms with Gasteiger partial charge in [0.05, 0.1) is 17.8 Å². The second-order valence-electron chi connectivity index (χ2n) is 9.35. The molecule has 1 N–H and O–H groups in total. The topological polar surface area (TPSA) is 57.7 Å². The molecule has 3 heterocycles. The number of nitrogens with one attached hydrogen (secondary N) is 1. The van der Waals surface area contributed by atoms with Gasteiger partial charge in [0, 0.05) is 49.2 Å². The summed E-state index contributed by atoms with van der Waals surface area (Å²) >= 11 is 0. The fourth-order valence-electron chi connectivity index (χ4n) is 5.02. The van der Waals surface area contributed by atoms with E-state index in [1.165, 1.54) is 11.8 Å². The number of ether oxygens (including phenoxy) is 1. The Bertz CT molecular complexity index is 1130. The van der Waals surface area contributed by atoms with Crippen molar-refractivity contribution in [3.8, 4) is 5.75 Å². The highest BCUT2D eigenvalue weighted by molar-refractivity contribution is 5.92. The third kappa shape index (κ3) is 5.75. The molecule has 6 heteroatoms. The Hall–Kier alpha value is -2.96. The number of para-hydroxylation sites is 1. The molecule has 1 saturated heterocycles. The molecule has 1 aromatic heterocycles. The highest BCUT2D eigenvalue weighted by atomic mass is 16.5. The van der Waals surface area contributed by atoms with E-state index < -0.39 is 0 Å². The molecule has 1 fully saturated rings. The van der Waals surface area contributed by atoms with E-state index >= 15 is 0 Å². The lowest BCUT2D eigenvalue weighted by atomic mass is 10.1. The molecule has 34 heavy (non-hydrogen) atoms. The van der Waals surface area contributed by atoms with Crippen LogP contribution in [-0.4, -0.2) is 60.0 Å². The van der Waals surface area contributed by atoms with Gasteiger partial charge in [0.25, 0.3) is 0 Å². The number of nitrogens with zero attached hydrogens (tertiary/aromatic N) is 3. The molecule has 6 nitrogen and oxygen atoms in total. The lowest BCUT2D eigenvalue weighted by Crippen LogP contribution is -2.31. The SMILES string of the molecule is O=C1CCCc2c(cccc2OCCCN2CCCN(Cc3ccc4ccccc4n3)CC2)N1. The molecular weight excluding hydrogens is 424 g/mol. The highest BCUT2D eigenvalue weighted by Crippen LogP contribution is 2.30. The molecule has 3 aromatic rings. The van der Waals surface area contributed by atoms with Gasteiger partial charge in [-0.05, 0) is 63.0 Å². The van der Waals surface area contributed by atoms with E-state index in [1.54, 1.807) is 0 Å². The number of benzene rings is 2. The third-order valence-corrected chi connectivity index (χ3v) is 6.84. The van der Waals surface area contributed by atoms with E-state index in [0.717, 1.165) is 86.7 Å². The number of carbonyl (C=O) groups is 1. The quantitative estimate of drug-likeness (QED) is 0.529. The number of aromatic nitrogens is 1. The molecule has 0 saturated carbocycles. The number of anilines is 1. The highest BCUT2D eigenvalue weighted by Gasteiger charge is 2.18. The fourth-order valence-corrected chi connectivity index (χ4v) is 5.02. The van der Waals surface area contributed by atoms with Crippen LogP contribution in [0.2, 0.25) is 0 Å². The lowest BCUT2D eigenvalue weighted by Gasteiger charge is -2.22. The summed E-state index contributed by atoms with van der Waals surface area (Å²) in [7, 11) is 0. The molecule has 0 bridgehead atoms. The fraction of sp³-hybridized carbons (Fsp3) is 0.429. The number of hydrogen-bond acceptors (Lipinski definition) is 5. The van der Waals surface area contributed by atoms with E-state index in [1.807, 2.05) is 18.2 Å². The van der Waals surface area contributed by atoms with Crippen LogP contribution in [0.15, 0.2) is 54.6 Å². The van der Waals surface area contributed by atoms with Crippen LogP contribution in [0.4, 0.5) is 5.69 Å². The number of hydrogen-bond donors (Lipinski definition) is 1. The van der Waals surface area contributed by atoms with Crippen LogP contribution in [0.3, 0.4) is 0 Å². The summed E-state index contributed by atoms with van der Waals surface area (Å²) in [4.78, 5) is 21.8. The standard InChI is InChI=1S/C28H34N4O2/c33-28-12-3-8-24-26(30-28)10-4-11-27(24)34-20-6-17-31-15-5-16-32(19-18-31)21-23-14-13-22-7-1-2-9-25(22)29-23/h1-2,4,7,9-11,13-14H,3,5-6,8,12,15-21H2,(H,30,33). The second kappa shape index (κ2) is 11.0. The number of fused-ring (bicyclic) bond motifs is 2. The summed E-state index contributed by atoms with van der Waals surface area (Å²) in [5, 5.41) is 4.21. The van der Waals surface area contributed by atoms with Crippen molar-refractivity contribution < 1.29 is 9.53 Å². The van der Waals surface area contributed by atoms with E-state index in [2.05, 4.69) is 51.5 Å². The first-order valence-corrected chi connectivity index (χ1v) is 12.6. The zero-order chi connectivity index (χ0) is 23.2. The monoisotopic (exact) mass is 458 g/mol. The van der Waals surface area contributed by atoms with Crippen molar-refractivity contribution in [2.45, 2.75) is 38.6 Å². The van der Waals surface area contributed by atoms with Crippen LogP contribution in [0, 0.1) is 0 Å². The Morgan fingerprint density at radius 1 is 0.882 bits per heavy atom. The zero-order valence-corrected chi connectivity index (χ0v) is 19.8. The van der Waals surface area contributed by atoms with Gasteiger partial charge in [-0.3, -0.25) is 14.7 Å². The van der Waals surface area contributed by atoms with Gasteiger partial charge in [-0.25, -0.2) is 0 Å². The maximum atomic E-state index is 11.8. The Labute approximate surface area is 201 Å². The molecule has 2 aromatic carbocycles. The van der Waals surface area contributed by atoms with E-state index in [9.17, 15) is 4.79 Å². The second-order valence-corrected chi connectivity index (χ2v) is 9.35. The number of rotatable bonds is 7. The van der Waals surface area contributed by atoms with Crippen molar-refractivity contribution in [1.29, 1.82) is 0 Å². The van der Waals surface area contributed by atoms with Gasteiger partial charge in [0.2, 0.25) is 5.91 Å². The Kier molecular flexibility index (Phi) is 7.37. The van der Waals surface area contributed by atoms with Crippen molar-refractivity contribution in [2.75, 3.05) is 44.6 Å². The summed E-state index contributed by atoms with van der Waals surface area (Å²) in [6, 6.07) is 18.6. The Balaban J connectivity index is 1.08. The van der Waals surface area contributed by atoms with Crippen molar-refractivity contribution in [2.24, 2.45) is 0 Å². The van der Waals surface area contributed by atoms with Crippen LogP contribution in [-0.2, 0) is 17.8 Å². The van der Waals surface area contributed by atoms with Crippen LogP contribution < -0.4 is 10.1 Å². The van der Waals surface area contributed by atoms with Crippen LogP contribution in [0.25, 0.3) is 10.9 Å². The average molecular weight is 459 g/mol. The van der Waals surface area contributed by atoms with Crippen molar-refractivity contribution in [3.63, 3.8) is 0 Å². The lowest BCUT2D eigenvalue weighted by molar-refractivity contribution is -0.116. The van der Waals surface area contributed by atoms with Crippen LogP contribution in [0.5, 0.6) is 5.75 Å². The van der Waals surface area contributed by atoms with Crippen LogP contribution >= 0.6 is 0 Å². The Morgan fingerprint density at radius 3 is 2.74 bits per heavy atom. The molecule has 0 atom stereocenters. The minimum Gasteiger partial charge on any atom is -0.493 e. The molecule has 0 unspecified atom stereocenters. The normalized spacial score (nSPS) is 17.6. The predicted octanol–water partition coefficient (Wildman–Crippen LogP) is 4.49. The van der Waals surface area contributed by atoms with Gasteiger partial charge >= 0.3 is 0 Å². The molecule has 1 amide bonds. The van der Waals surface area contributed by atoms with Crippen molar-refractivity contribution >= 4 is 22.5 Å². The average Bonchev–Trinajstić information content (AvgIpc) is 3.19. The van der Waals surface area contributed by atoms with Crippen LogP contribution in [0.1, 0.15) is 36.9 Å². The predicted molar refractivity (Wildman–Crippen MR) is 136 cm³/mol. The van der Waals surface area contributed by atoms with Gasteiger partial charge in [-0.15, -0.1) is 0 Å². The molecule has 0 radical (unpaired) electrons. The largest absolute Gasteiger partial charge is 0.493 e. The first kappa shape index (κ1) is 22.8. The number of pyridine rings is 1. The van der Waals surface area contributed by atoms with Gasteiger partial charge in [0.1, 0.15) is 5.75 Å². The van der Waals surface area contributed by atoms with Gasteiger partial charge in [0.15, 0.2) is 0 Å². The van der Waals surface area contributed by atoms with E-state index in [4.69, 9.17) is 9.72 Å². The third-order valence-electron chi connectivity index (χ3n) is 6.84. The number of carbonyl (C=O) groups excluding carboxylic acids is 1. The maximum Gasteiger partial charge on any atom is 0.224 e. The summed E-state index contributed by atoms with van der Waals surface area (Å²) in [5.74, 6) is 1.02. The summed E-state index contributed by atoms with van der Waals surface area (Å²) in [5.41, 5.74) is 4.28. The Morgan fingerprint density at radius 2 is 1.76 bits per heavy atom.